The minimum atomic E-state index is 0.122. The average Bonchev–Trinajstić information content (AvgIpc) is 2.65. The van der Waals surface area contributed by atoms with Gasteiger partial charge in [-0.25, -0.2) is 0 Å². The number of unbranched alkanes of at least 4 members (excludes halogenated alkanes) is 1. The van der Waals surface area contributed by atoms with Crippen molar-refractivity contribution in [1.29, 1.82) is 0 Å². The van der Waals surface area contributed by atoms with Crippen molar-refractivity contribution < 1.29 is 5.11 Å². The third kappa shape index (κ3) is 4.42. The molecule has 0 saturated heterocycles. The standard InChI is InChI=1S/C12H20ClNOS/c1-12(2,9-14-7-3-4-8-15)10-5-6-11(13)16-10/h5-6,14-15H,3-4,7-9H2,1-2H3. The topological polar surface area (TPSA) is 32.3 Å². The number of halogens is 1. The Morgan fingerprint density at radius 2 is 2.12 bits per heavy atom. The summed E-state index contributed by atoms with van der Waals surface area (Å²) in [6.45, 7) is 6.62. The van der Waals surface area contributed by atoms with E-state index in [0.29, 0.717) is 0 Å². The minimum absolute atomic E-state index is 0.122. The van der Waals surface area contributed by atoms with E-state index in [9.17, 15) is 0 Å². The summed E-state index contributed by atoms with van der Waals surface area (Å²) in [7, 11) is 0. The first-order valence-corrected chi connectivity index (χ1v) is 6.83. The van der Waals surface area contributed by atoms with E-state index in [0.717, 1.165) is 30.3 Å². The third-order valence-corrected chi connectivity index (χ3v) is 4.17. The lowest BCUT2D eigenvalue weighted by atomic mass is 9.91. The summed E-state index contributed by atoms with van der Waals surface area (Å²) in [6, 6.07) is 4.05. The van der Waals surface area contributed by atoms with E-state index in [1.807, 2.05) is 6.07 Å². The number of nitrogens with one attached hydrogen (secondary N) is 1. The van der Waals surface area contributed by atoms with Gasteiger partial charge in [0, 0.05) is 23.4 Å². The van der Waals surface area contributed by atoms with Crippen molar-refractivity contribution in [3.63, 3.8) is 0 Å². The smallest absolute Gasteiger partial charge is 0.0931 e. The lowest BCUT2D eigenvalue weighted by molar-refractivity contribution is 0.283. The van der Waals surface area contributed by atoms with Crippen LogP contribution in [0.5, 0.6) is 0 Å². The highest BCUT2D eigenvalue weighted by Crippen LogP contribution is 2.31. The Labute approximate surface area is 107 Å². The molecule has 0 aliphatic carbocycles. The molecule has 4 heteroatoms. The van der Waals surface area contributed by atoms with Crippen LogP contribution in [0.1, 0.15) is 31.6 Å². The molecule has 0 aliphatic heterocycles. The van der Waals surface area contributed by atoms with Gasteiger partial charge in [0.2, 0.25) is 0 Å². The Balaban J connectivity index is 2.34. The summed E-state index contributed by atoms with van der Waals surface area (Å²) < 4.78 is 0.850. The Kier molecular flexibility index (Phi) is 5.76. The normalized spacial score (nSPS) is 12.0. The molecule has 0 bridgehead atoms. The maximum absolute atomic E-state index is 8.67. The Morgan fingerprint density at radius 3 is 2.69 bits per heavy atom. The van der Waals surface area contributed by atoms with E-state index >= 15 is 0 Å². The fraction of sp³-hybridized carbons (Fsp3) is 0.667. The monoisotopic (exact) mass is 261 g/mol. The largest absolute Gasteiger partial charge is 0.396 e. The van der Waals surface area contributed by atoms with Crippen LogP contribution < -0.4 is 5.32 Å². The molecular weight excluding hydrogens is 242 g/mol. The predicted molar refractivity (Wildman–Crippen MR) is 71.5 cm³/mol. The molecule has 0 aromatic carbocycles. The second kappa shape index (κ2) is 6.60. The van der Waals surface area contributed by atoms with E-state index in [4.69, 9.17) is 16.7 Å². The third-order valence-electron chi connectivity index (χ3n) is 2.57. The van der Waals surface area contributed by atoms with Crippen molar-refractivity contribution in [3.05, 3.63) is 21.3 Å². The highest BCUT2D eigenvalue weighted by molar-refractivity contribution is 7.16. The van der Waals surface area contributed by atoms with Crippen molar-refractivity contribution in [3.8, 4) is 0 Å². The van der Waals surface area contributed by atoms with Crippen molar-refractivity contribution in [2.45, 2.75) is 32.1 Å². The first-order chi connectivity index (χ1) is 7.56. The van der Waals surface area contributed by atoms with Crippen molar-refractivity contribution in [2.75, 3.05) is 19.7 Å². The zero-order valence-corrected chi connectivity index (χ0v) is 11.5. The summed E-state index contributed by atoms with van der Waals surface area (Å²) in [5, 5.41) is 12.1. The lowest BCUT2D eigenvalue weighted by Gasteiger charge is -2.23. The van der Waals surface area contributed by atoms with Crippen LogP contribution in [-0.4, -0.2) is 24.8 Å². The van der Waals surface area contributed by atoms with Gasteiger partial charge in [-0.05, 0) is 31.5 Å². The van der Waals surface area contributed by atoms with Crippen LogP contribution in [0, 0.1) is 0 Å². The lowest BCUT2D eigenvalue weighted by Crippen LogP contribution is -2.32. The number of hydrogen-bond acceptors (Lipinski definition) is 3. The number of aliphatic hydroxyl groups is 1. The molecular formula is C12H20ClNOS. The second-order valence-corrected chi connectivity index (χ2v) is 6.31. The SMILES string of the molecule is CC(C)(CNCCCCO)c1ccc(Cl)s1. The molecule has 0 atom stereocenters. The molecule has 0 amide bonds. The van der Waals surface area contributed by atoms with Crippen LogP contribution in [0.4, 0.5) is 0 Å². The van der Waals surface area contributed by atoms with E-state index in [-0.39, 0.29) is 12.0 Å². The van der Waals surface area contributed by atoms with Gasteiger partial charge in [0.1, 0.15) is 0 Å². The molecule has 0 spiro atoms. The van der Waals surface area contributed by atoms with Gasteiger partial charge in [0.05, 0.1) is 4.34 Å². The fourth-order valence-corrected chi connectivity index (χ4v) is 2.67. The maximum Gasteiger partial charge on any atom is 0.0931 e. The molecule has 0 fully saturated rings. The van der Waals surface area contributed by atoms with Crippen LogP contribution in [0.3, 0.4) is 0 Å². The molecule has 1 heterocycles. The Morgan fingerprint density at radius 1 is 1.38 bits per heavy atom. The van der Waals surface area contributed by atoms with E-state index in [1.165, 1.54) is 4.88 Å². The molecule has 1 aromatic rings. The number of aliphatic hydroxyl groups excluding tert-OH is 1. The maximum atomic E-state index is 8.67. The molecule has 1 aromatic heterocycles. The summed E-state index contributed by atoms with van der Waals surface area (Å²) in [5.41, 5.74) is 0.122. The molecule has 1 rings (SSSR count). The minimum Gasteiger partial charge on any atom is -0.396 e. The van der Waals surface area contributed by atoms with Crippen LogP contribution in [-0.2, 0) is 5.41 Å². The van der Waals surface area contributed by atoms with Crippen molar-refractivity contribution in [2.24, 2.45) is 0 Å². The van der Waals surface area contributed by atoms with E-state index < -0.39 is 0 Å². The predicted octanol–water partition coefficient (Wildman–Crippen LogP) is 3.04. The van der Waals surface area contributed by atoms with Gasteiger partial charge >= 0.3 is 0 Å². The quantitative estimate of drug-likeness (QED) is 0.740. The molecule has 2 N–H and O–H groups in total. The molecule has 0 saturated carbocycles. The molecule has 0 aliphatic rings. The molecule has 16 heavy (non-hydrogen) atoms. The van der Waals surface area contributed by atoms with Gasteiger partial charge in [-0.15, -0.1) is 11.3 Å². The fourth-order valence-electron chi connectivity index (χ4n) is 1.53. The molecule has 0 unspecified atom stereocenters. The first kappa shape index (κ1) is 14.0. The molecule has 2 nitrogen and oxygen atoms in total. The number of rotatable bonds is 7. The van der Waals surface area contributed by atoms with E-state index in [1.54, 1.807) is 11.3 Å². The van der Waals surface area contributed by atoms with Crippen molar-refractivity contribution >= 4 is 22.9 Å². The average molecular weight is 262 g/mol. The van der Waals surface area contributed by atoms with Gasteiger partial charge in [0.25, 0.3) is 0 Å². The van der Waals surface area contributed by atoms with Crippen LogP contribution in [0.15, 0.2) is 12.1 Å². The highest BCUT2D eigenvalue weighted by Gasteiger charge is 2.21. The summed E-state index contributed by atoms with van der Waals surface area (Å²) in [4.78, 5) is 1.31. The zero-order valence-electron chi connectivity index (χ0n) is 9.92. The number of hydrogen-bond donors (Lipinski definition) is 2. The highest BCUT2D eigenvalue weighted by atomic mass is 35.5. The van der Waals surface area contributed by atoms with Crippen LogP contribution >= 0.6 is 22.9 Å². The molecule has 0 radical (unpaired) electrons. The van der Waals surface area contributed by atoms with E-state index in [2.05, 4.69) is 25.2 Å². The van der Waals surface area contributed by atoms with Gasteiger partial charge in [0.15, 0.2) is 0 Å². The summed E-state index contributed by atoms with van der Waals surface area (Å²) >= 11 is 7.59. The number of thiophene rings is 1. The second-order valence-electron chi connectivity index (χ2n) is 4.60. The van der Waals surface area contributed by atoms with Crippen LogP contribution in [0.25, 0.3) is 0 Å². The zero-order chi connectivity index (χ0) is 12.0. The Hall–Kier alpha value is -0.0900. The summed E-state index contributed by atoms with van der Waals surface area (Å²) in [5.74, 6) is 0. The van der Waals surface area contributed by atoms with Crippen LogP contribution in [0.2, 0.25) is 4.34 Å². The van der Waals surface area contributed by atoms with Gasteiger partial charge < -0.3 is 10.4 Å². The van der Waals surface area contributed by atoms with Gasteiger partial charge in [-0.1, -0.05) is 25.4 Å². The van der Waals surface area contributed by atoms with Gasteiger partial charge in [-0.2, -0.15) is 0 Å². The molecule has 92 valence electrons. The summed E-state index contributed by atoms with van der Waals surface area (Å²) in [6.07, 6.45) is 1.90. The Bertz CT molecular complexity index is 312. The first-order valence-electron chi connectivity index (χ1n) is 5.63. The van der Waals surface area contributed by atoms with Crippen molar-refractivity contribution in [1.82, 2.24) is 5.32 Å². The van der Waals surface area contributed by atoms with Gasteiger partial charge in [-0.3, -0.25) is 0 Å².